The SMILES string of the molecule is O=C(NCC1(O)C2C3CC4C5C3CC2C5C41)c1ccccc1-c1ccc(C(F)(F)F)cc1. The fourth-order valence-corrected chi connectivity index (χ4v) is 9.05. The third-order valence-electron chi connectivity index (χ3n) is 9.75. The molecule has 0 heterocycles. The maximum Gasteiger partial charge on any atom is 0.416 e. The molecule has 0 spiro atoms. The maximum absolute atomic E-state index is 13.2. The summed E-state index contributed by atoms with van der Waals surface area (Å²) in [6.45, 7) is 0.266. The Kier molecular flexibility index (Phi) is 3.57. The minimum absolute atomic E-state index is 0.266. The molecular formula is C26H24F3NO2. The Bertz CT molecular complexity index is 1120. The van der Waals surface area contributed by atoms with Crippen molar-refractivity contribution >= 4 is 5.91 Å². The highest BCUT2D eigenvalue weighted by Gasteiger charge is 2.84. The van der Waals surface area contributed by atoms with Crippen LogP contribution < -0.4 is 5.32 Å². The van der Waals surface area contributed by atoms with Crippen molar-refractivity contribution in [3.05, 3.63) is 59.7 Å². The lowest BCUT2D eigenvalue weighted by Gasteiger charge is -2.51. The lowest BCUT2D eigenvalue weighted by molar-refractivity contribution is -0.137. The van der Waals surface area contributed by atoms with Gasteiger partial charge in [-0.15, -0.1) is 0 Å². The van der Waals surface area contributed by atoms with E-state index in [1.807, 2.05) is 0 Å². The van der Waals surface area contributed by atoms with Crippen LogP contribution >= 0.6 is 0 Å². The third-order valence-corrected chi connectivity index (χ3v) is 9.75. The van der Waals surface area contributed by atoms with Crippen molar-refractivity contribution < 1.29 is 23.1 Å². The number of fused-ring (bicyclic) bond motifs is 2. The second kappa shape index (κ2) is 5.96. The van der Waals surface area contributed by atoms with Gasteiger partial charge in [0, 0.05) is 12.1 Å². The van der Waals surface area contributed by atoms with Gasteiger partial charge in [-0.3, -0.25) is 4.79 Å². The lowest BCUT2D eigenvalue weighted by atomic mass is 9.56. The van der Waals surface area contributed by atoms with E-state index in [0.29, 0.717) is 52.2 Å². The molecule has 32 heavy (non-hydrogen) atoms. The number of rotatable bonds is 4. The average molecular weight is 439 g/mol. The summed E-state index contributed by atoms with van der Waals surface area (Å²) in [4.78, 5) is 13.2. The number of nitrogens with one attached hydrogen (secondary N) is 1. The Morgan fingerprint density at radius 1 is 0.938 bits per heavy atom. The monoisotopic (exact) mass is 439 g/mol. The molecule has 5 aliphatic carbocycles. The van der Waals surface area contributed by atoms with Gasteiger partial charge < -0.3 is 10.4 Å². The third kappa shape index (κ3) is 2.19. The number of alkyl halides is 3. The van der Waals surface area contributed by atoms with Crippen LogP contribution in [0, 0.1) is 47.3 Å². The van der Waals surface area contributed by atoms with Gasteiger partial charge >= 0.3 is 6.18 Å². The van der Waals surface area contributed by atoms with Crippen LogP contribution in [0.1, 0.15) is 28.8 Å². The Morgan fingerprint density at radius 3 is 2.38 bits per heavy atom. The van der Waals surface area contributed by atoms with E-state index in [4.69, 9.17) is 0 Å². The first kappa shape index (κ1) is 19.2. The van der Waals surface area contributed by atoms with Crippen molar-refractivity contribution in [3.8, 4) is 11.1 Å². The number of carbonyl (C=O) groups is 1. The molecule has 9 unspecified atom stereocenters. The largest absolute Gasteiger partial charge is 0.416 e. The standard InChI is InChI=1S/C26H24F3NO2/c27-26(28,29)13-7-5-12(6-8-13)14-3-1-2-4-15(14)24(31)30-11-25(32)22-17-10-18-20-16(17)9-19(22)21(20)23(18)25/h1-8,16-23,32H,9-11H2,(H,30,31). The van der Waals surface area contributed by atoms with E-state index in [9.17, 15) is 23.1 Å². The molecule has 5 saturated carbocycles. The lowest BCUT2D eigenvalue weighted by Crippen LogP contribution is -2.59. The molecular weight excluding hydrogens is 415 g/mol. The van der Waals surface area contributed by atoms with Gasteiger partial charge in [0.05, 0.1) is 11.2 Å². The quantitative estimate of drug-likeness (QED) is 0.731. The van der Waals surface area contributed by atoms with Gasteiger partial charge in [0.15, 0.2) is 0 Å². The number of aliphatic hydroxyl groups is 1. The topological polar surface area (TPSA) is 49.3 Å². The van der Waals surface area contributed by atoms with Crippen LogP contribution in [0.15, 0.2) is 48.5 Å². The fourth-order valence-electron chi connectivity index (χ4n) is 9.05. The van der Waals surface area contributed by atoms with Crippen LogP contribution in [-0.4, -0.2) is 23.2 Å². The number of halogens is 3. The summed E-state index contributed by atoms with van der Waals surface area (Å²) in [5.74, 6) is 4.58. The smallest absolute Gasteiger partial charge is 0.387 e. The van der Waals surface area contributed by atoms with Crippen LogP contribution in [-0.2, 0) is 6.18 Å². The summed E-state index contributed by atoms with van der Waals surface area (Å²) in [5, 5.41) is 14.7. The van der Waals surface area contributed by atoms with Gasteiger partial charge in [-0.25, -0.2) is 0 Å². The van der Waals surface area contributed by atoms with E-state index in [0.717, 1.165) is 24.0 Å². The molecule has 5 fully saturated rings. The zero-order valence-corrected chi connectivity index (χ0v) is 17.3. The molecule has 0 radical (unpaired) electrons. The number of benzene rings is 2. The van der Waals surface area contributed by atoms with Crippen molar-refractivity contribution in [1.29, 1.82) is 0 Å². The van der Waals surface area contributed by atoms with Crippen molar-refractivity contribution in [1.82, 2.24) is 5.32 Å². The zero-order chi connectivity index (χ0) is 22.0. The van der Waals surface area contributed by atoms with E-state index in [1.165, 1.54) is 25.0 Å². The Labute approximate surface area is 184 Å². The van der Waals surface area contributed by atoms with E-state index >= 15 is 0 Å². The Morgan fingerprint density at radius 2 is 1.62 bits per heavy atom. The number of hydrogen-bond acceptors (Lipinski definition) is 2. The van der Waals surface area contributed by atoms with E-state index in [1.54, 1.807) is 24.3 Å². The number of carbonyl (C=O) groups excluding carboxylic acids is 1. The maximum atomic E-state index is 13.2. The first-order valence-electron chi connectivity index (χ1n) is 11.6. The Balaban J connectivity index is 1.13. The molecule has 2 aromatic rings. The van der Waals surface area contributed by atoms with Gasteiger partial charge in [0.2, 0.25) is 0 Å². The van der Waals surface area contributed by atoms with Crippen LogP contribution in [0.5, 0.6) is 0 Å². The van der Waals surface area contributed by atoms with Crippen LogP contribution in [0.2, 0.25) is 0 Å². The van der Waals surface area contributed by atoms with Crippen molar-refractivity contribution in [3.63, 3.8) is 0 Å². The van der Waals surface area contributed by atoms with E-state index in [-0.39, 0.29) is 12.5 Å². The van der Waals surface area contributed by atoms with Crippen LogP contribution in [0.4, 0.5) is 13.2 Å². The van der Waals surface area contributed by atoms with Crippen LogP contribution in [0.3, 0.4) is 0 Å². The number of amides is 1. The molecule has 0 aromatic heterocycles. The summed E-state index contributed by atoms with van der Waals surface area (Å²) >= 11 is 0. The minimum Gasteiger partial charge on any atom is -0.387 e. The first-order valence-corrected chi connectivity index (χ1v) is 11.6. The highest BCUT2D eigenvalue weighted by molar-refractivity contribution is 6.00. The predicted molar refractivity (Wildman–Crippen MR) is 111 cm³/mol. The van der Waals surface area contributed by atoms with E-state index < -0.39 is 17.3 Å². The second-order valence-corrected chi connectivity index (χ2v) is 10.6. The summed E-state index contributed by atoms with van der Waals surface area (Å²) < 4.78 is 38.7. The van der Waals surface area contributed by atoms with Crippen molar-refractivity contribution in [2.24, 2.45) is 47.3 Å². The second-order valence-electron chi connectivity index (χ2n) is 10.6. The van der Waals surface area contributed by atoms with Crippen LogP contribution in [0.25, 0.3) is 11.1 Å². The number of hydrogen-bond donors (Lipinski definition) is 2. The molecule has 9 atom stereocenters. The van der Waals surface area contributed by atoms with Gasteiger partial charge in [0.1, 0.15) is 0 Å². The summed E-state index contributed by atoms with van der Waals surface area (Å²) in [5.41, 5.74) is 0.0444. The molecule has 7 rings (SSSR count). The molecule has 0 saturated heterocycles. The molecule has 1 amide bonds. The molecule has 6 heteroatoms. The van der Waals surface area contributed by atoms with Gasteiger partial charge in [0.25, 0.3) is 5.91 Å². The van der Waals surface area contributed by atoms with E-state index in [2.05, 4.69) is 5.32 Å². The average Bonchev–Trinajstić information content (AvgIpc) is 3.30. The summed E-state index contributed by atoms with van der Waals surface area (Å²) in [6.07, 6.45) is -1.86. The van der Waals surface area contributed by atoms with Gasteiger partial charge in [-0.1, -0.05) is 30.3 Å². The van der Waals surface area contributed by atoms with Gasteiger partial charge in [-0.2, -0.15) is 13.2 Å². The minimum atomic E-state index is -4.40. The zero-order valence-electron chi connectivity index (χ0n) is 17.3. The highest BCUT2D eigenvalue weighted by Crippen LogP contribution is 2.85. The van der Waals surface area contributed by atoms with Crippen molar-refractivity contribution in [2.75, 3.05) is 6.54 Å². The molecule has 166 valence electrons. The molecule has 2 N–H and O–H groups in total. The van der Waals surface area contributed by atoms with Gasteiger partial charge in [-0.05, 0) is 89.5 Å². The normalized spacial score (nSPS) is 41.9. The fraction of sp³-hybridized carbons (Fsp3) is 0.500. The highest BCUT2D eigenvalue weighted by atomic mass is 19.4. The first-order chi connectivity index (χ1) is 15.3. The summed E-state index contributed by atoms with van der Waals surface area (Å²) in [7, 11) is 0. The molecule has 2 bridgehead atoms. The molecule has 0 aliphatic heterocycles. The molecule has 5 aliphatic rings. The molecule has 3 nitrogen and oxygen atoms in total. The predicted octanol–water partition coefficient (Wildman–Crippen LogP) is 4.61. The summed E-state index contributed by atoms with van der Waals surface area (Å²) in [6, 6.07) is 11.8. The Hall–Kier alpha value is -2.34. The molecule has 2 aromatic carbocycles. The van der Waals surface area contributed by atoms with Crippen molar-refractivity contribution in [2.45, 2.75) is 24.6 Å².